The lowest BCUT2D eigenvalue weighted by Gasteiger charge is -2.11. The van der Waals surface area contributed by atoms with E-state index in [1.807, 2.05) is 55.5 Å². The summed E-state index contributed by atoms with van der Waals surface area (Å²) in [6.07, 6.45) is 0.515. The molecule has 104 valence electrons. The summed E-state index contributed by atoms with van der Waals surface area (Å²) in [5.41, 5.74) is 2.78. The highest BCUT2D eigenvalue weighted by Gasteiger charge is 2.08. The smallest absolute Gasteiger partial charge is 0.164 e. The molecule has 0 amide bonds. The van der Waals surface area contributed by atoms with Crippen LogP contribution in [-0.2, 0) is 6.54 Å². The van der Waals surface area contributed by atoms with Gasteiger partial charge in [-0.3, -0.25) is 4.79 Å². The van der Waals surface area contributed by atoms with Crippen LogP contribution in [-0.4, -0.2) is 12.9 Å². The van der Waals surface area contributed by atoms with Crippen LogP contribution in [0.4, 0.5) is 5.69 Å². The van der Waals surface area contributed by atoms with E-state index >= 15 is 0 Å². The highest BCUT2D eigenvalue weighted by molar-refractivity contribution is 6.00. The minimum atomic E-state index is 0.155. The van der Waals surface area contributed by atoms with E-state index in [1.54, 1.807) is 7.11 Å². The Morgan fingerprint density at radius 1 is 1.10 bits per heavy atom. The third-order valence-corrected chi connectivity index (χ3v) is 3.19. The van der Waals surface area contributed by atoms with Gasteiger partial charge in [0.15, 0.2) is 5.78 Å². The van der Waals surface area contributed by atoms with Crippen molar-refractivity contribution in [1.29, 1.82) is 0 Å². The average Bonchev–Trinajstić information content (AvgIpc) is 2.53. The second-order valence-corrected chi connectivity index (χ2v) is 4.52. The van der Waals surface area contributed by atoms with Gasteiger partial charge in [0.05, 0.1) is 7.11 Å². The first-order valence-electron chi connectivity index (χ1n) is 6.73. The van der Waals surface area contributed by atoms with Gasteiger partial charge < -0.3 is 10.1 Å². The van der Waals surface area contributed by atoms with E-state index in [9.17, 15) is 4.79 Å². The summed E-state index contributed by atoms with van der Waals surface area (Å²) in [5, 5.41) is 3.32. The quantitative estimate of drug-likeness (QED) is 0.808. The van der Waals surface area contributed by atoms with Gasteiger partial charge in [-0.25, -0.2) is 0 Å². The SMILES string of the molecule is CCC(=O)c1ccccc1NCc1ccc(OC)cc1. The molecule has 0 fully saturated rings. The molecule has 1 N–H and O–H groups in total. The van der Waals surface area contributed by atoms with E-state index in [1.165, 1.54) is 0 Å². The number of carbonyl (C=O) groups is 1. The Hall–Kier alpha value is -2.29. The fourth-order valence-electron chi connectivity index (χ4n) is 2.01. The third-order valence-electron chi connectivity index (χ3n) is 3.19. The number of Topliss-reactive ketones (excluding diaryl/α,β-unsaturated/α-hetero) is 1. The first-order valence-corrected chi connectivity index (χ1v) is 6.73. The van der Waals surface area contributed by atoms with Crippen molar-refractivity contribution in [3.8, 4) is 5.75 Å². The number of hydrogen-bond acceptors (Lipinski definition) is 3. The molecule has 2 aromatic rings. The molecule has 0 saturated heterocycles. The highest BCUT2D eigenvalue weighted by Crippen LogP contribution is 2.18. The van der Waals surface area contributed by atoms with E-state index in [0.29, 0.717) is 13.0 Å². The molecule has 3 nitrogen and oxygen atoms in total. The molecule has 0 aliphatic carbocycles. The van der Waals surface area contributed by atoms with Crippen LogP contribution >= 0.6 is 0 Å². The number of ketones is 1. The molecule has 0 bridgehead atoms. The zero-order valence-corrected chi connectivity index (χ0v) is 11.8. The molecular weight excluding hydrogens is 250 g/mol. The number of ether oxygens (including phenoxy) is 1. The Morgan fingerprint density at radius 2 is 1.80 bits per heavy atom. The van der Waals surface area contributed by atoms with Crippen molar-refractivity contribution < 1.29 is 9.53 Å². The van der Waals surface area contributed by atoms with Crippen molar-refractivity contribution in [2.45, 2.75) is 19.9 Å². The van der Waals surface area contributed by atoms with Crippen molar-refractivity contribution >= 4 is 11.5 Å². The standard InChI is InChI=1S/C17H19NO2/c1-3-17(19)15-6-4-5-7-16(15)18-12-13-8-10-14(20-2)11-9-13/h4-11,18H,3,12H2,1-2H3. The maximum absolute atomic E-state index is 11.9. The summed E-state index contributed by atoms with van der Waals surface area (Å²) in [6, 6.07) is 15.5. The average molecular weight is 269 g/mol. The van der Waals surface area contributed by atoms with Gasteiger partial charge in [0.1, 0.15) is 5.75 Å². The maximum atomic E-state index is 11.9. The largest absolute Gasteiger partial charge is 0.497 e. The number of rotatable bonds is 6. The first kappa shape index (κ1) is 14.1. The van der Waals surface area contributed by atoms with Gasteiger partial charge in [-0.2, -0.15) is 0 Å². The molecular formula is C17H19NO2. The van der Waals surface area contributed by atoms with Crippen molar-refractivity contribution in [3.05, 3.63) is 59.7 Å². The normalized spacial score (nSPS) is 10.1. The van der Waals surface area contributed by atoms with Gasteiger partial charge in [-0.05, 0) is 29.8 Å². The second kappa shape index (κ2) is 6.75. The Labute approximate surface area is 119 Å². The van der Waals surface area contributed by atoms with Gasteiger partial charge in [-0.1, -0.05) is 31.2 Å². The Morgan fingerprint density at radius 3 is 2.45 bits per heavy atom. The fourth-order valence-corrected chi connectivity index (χ4v) is 2.01. The van der Waals surface area contributed by atoms with Gasteiger partial charge in [-0.15, -0.1) is 0 Å². The minimum absolute atomic E-state index is 0.155. The first-order chi connectivity index (χ1) is 9.74. The second-order valence-electron chi connectivity index (χ2n) is 4.52. The molecule has 0 aliphatic rings. The van der Waals surface area contributed by atoms with E-state index in [2.05, 4.69) is 5.32 Å². The summed E-state index contributed by atoms with van der Waals surface area (Å²) >= 11 is 0. The number of carbonyl (C=O) groups excluding carboxylic acids is 1. The van der Waals surface area contributed by atoms with Crippen LogP contribution in [0.2, 0.25) is 0 Å². The monoisotopic (exact) mass is 269 g/mol. The molecule has 2 rings (SSSR count). The van der Waals surface area contributed by atoms with Crippen LogP contribution in [0.3, 0.4) is 0 Å². The molecule has 0 spiro atoms. The number of nitrogens with one attached hydrogen (secondary N) is 1. The molecule has 0 radical (unpaired) electrons. The van der Waals surface area contributed by atoms with Gasteiger partial charge in [0.2, 0.25) is 0 Å². The number of methoxy groups -OCH3 is 1. The molecule has 3 heteroatoms. The number of anilines is 1. The van der Waals surface area contributed by atoms with Crippen LogP contribution in [0.15, 0.2) is 48.5 Å². The van der Waals surface area contributed by atoms with Gasteiger partial charge >= 0.3 is 0 Å². The number of hydrogen-bond donors (Lipinski definition) is 1. The molecule has 0 heterocycles. The van der Waals surface area contributed by atoms with Crippen LogP contribution in [0, 0.1) is 0 Å². The maximum Gasteiger partial charge on any atom is 0.164 e. The van der Waals surface area contributed by atoms with Crippen LogP contribution < -0.4 is 10.1 Å². The molecule has 20 heavy (non-hydrogen) atoms. The zero-order chi connectivity index (χ0) is 14.4. The van der Waals surface area contributed by atoms with Crippen LogP contribution in [0.1, 0.15) is 29.3 Å². The zero-order valence-electron chi connectivity index (χ0n) is 11.8. The Balaban J connectivity index is 2.08. The predicted octanol–water partition coefficient (Wildman–Crippen LogP) is 3.90. The van der Waals surface area contributed by atoms with Crippen LogP contribution in [0.5, 0.6) is 5.75 Å². The van der Waals surface area contributed by atoms with Crippen molar-refractivity contribution in [1.82, 2.24) is 0 Å². The molecule has 0 aromatic heterocycles. The summed E-state index contributed by atoms with van der Waals surface area (Å²) in [6.45, 7) is 2.56. The number of benzene rings is 2. The van der Waals surface area contributed by atoms with Gasteiger partial charge in [0.25, 0.3) is 0 Å². The molecule has 0 saturated carbocycles. The van der Waals surface area contributed by atoms with E-state index < -0.39 is 0 Å². The van der Waals surface area contributed by atoms with Gasteiger partial charge in [0, 0.05) is 24.2 Å². The molecule has 0 unspecified atom stereocenters. The van der Waals surface area contributed by atoms with Crippen molar-refractivity contribution in [2.75, 3.05) is 12.4 Å². The van der Waals surface area contributed by atoms with E-state index in [4.69, 9.17) is 4.74 Å². The van der Waals surface area contributed by atoms with E-state index in [0.717, 1.165) is 22.6 Å². The van der Waals surface area contributed by atoms with E-state index in [-0.39, 0.29) is 5.78 Å². The summed E-state index contributed by atoms with van der Waals surface area (Å²) in [5.74, 6) is 0.998. The minimum Gasteiger partial charge on any atom is -0.497 e. The Kier molecular flexibility index (Phi) is 4.77. The topological polar surface area (TPSA) is 38.3 Å². The lowest BCUT2D eigenvalue weighted by atomic mass is 10.1. The summed E-state index contributed by atoms with van der Waals surface area (Å²) < 4.78 is 5.13. The van der Waals surface area contributed by atoms with Crippen LogP contribution in [0.25, 0.3) is 0 Å². The molecule has 2 aromatic carbocycles. The lowest BCUT2D eigenvalue weighted by molar-refractivity contribution is 0.0989. The number of para-hydroxylation sites is 1. The highest BCUT2D eigenvalue weighted by atomic mass is 16.5. The Bertz CT molecular complexity index is 576. The fraction of sp³-hybridized carbons (Fsp3) is 0.235. The predicted molar refractivity (Wildman–Crippen MR) is 81.4 cm³/mol. The van der Waals surface area contributed by atoms with Crippen molar-refractivity contribution in [3.63, 3.8) is 0 Å². The molecule has 0 atom stereocenters. The van der Waals surface area contributed by atoms with Crippen molar-refractivity contribution in [2.24, 2.45) is 0 Å². The summed E-state index contributed by atoms with van der Waals surface area (Å²) in [4.78, 5) is 11.9. The summed E-state index contributed by atoms with van der Waals surface area (Å²) in [7, 11) is 1.65. The third kappa shape index (κ3) is 3.38. The molecule has 0 aliphatic heterocycles. The lowest BCUT2D eigenvalue weighted by Crippen LogP contribution is -2.06.